The Labute approximate surface area is 252 Å². The largest absolute Gasteiger partial charge is 0.494 e. The number of para-hydroxylation sites is 1. The van der Waals surface area contributed by atoms with E-state index < -0.39 is 23.9 Å². The van der Waals surface area contributed by atoms with Crippen LogP contribution in [0, 0.1) is 0 Å². The lowest BCUT2D eigenvalue weighted by molar-refractivity contribution is -0.192. The molecule has 10 nitrogen and oxygen atoms in total. The number of alkyl halides is 6. The van der Waals surface area contributed by atoms with Crippen molar-refractivity contribution in [2.75, 3.05) is 48.9 Å². The lowest BCUT2D eigenvalue weighted by atomic mass is 10.1. The molecule has 1 fully saturated rings. The Kier molecular flexibility index (Phi) is 10.3. The molecule has 238 valence electrons. The van der Waals surface area contributed by atoms with Crippen molar-refractivity contribution >= 4 is 34.5 Å². The van der Waals surface area contributed by atoms with E-state index in [0.29, 0.717) is 41.7 Å². The molecule has 4 aromatic rings. The van der Waals surface area contributed by atoms with Gasteiger partial charge < -0.3 is 30.1 Å². The minimum Gasteiger partial charge on any atom is -0.494 e. The molecule has 3 N–H and O–H groups in total. The van der Waals surface area contributed by atoms with E-state index in [9.17, 15) is 26.3 Å². The average molecular weight is 637 g/mol. The molecule has 5 rings (SSSR count). The highest BCUT2D eigenvalue weighted by Gasteiger charge is 2.38. The van der Waals surface area contributed by atoms with Crippen LogP contribution in [0.1, 0.15) is 5.56 Å². The third-order valence-corrected chi connectivity index (χ3v) is 6.28. The van der Waals surface area contributed by atoms with Crippen LogP contribution in [0.4, 0.5) is 54.9 Å². The van der Waals surface area contributed by atoms with Gasteiger partial charge in [-0.15, -0.1) is 0 Å². The van der Waals surface area contributed by atoms with Crippen molar-refractivity contribution in [2.24, 2.45) is 0 Å². The Morgan fingerprint density at radius 3 is 2.18 bits per heavy atom. The first kappa shape index (κ1) is 32.8. The van der Waals surface area contributed by atoms with Gasteiger partial charge in [-0.25, -0.2) is 19.7 Å². The molecule has 2 aromatic carbocycles. The molecule has 0 bridgehead atoms. The number of morpholine rings is 1. The summed E-state index contributed by atoms with van der Waals surface area (Å²) in [6.45, 7) is 2.82. The maximum absolute atomic E-state index is 13.9. The van der Waals surface area contributed by atoms with Crippen LogP contribution in [-0.2, 0) is 15.7 Å². The summed E-state index contributed by atoms with van der Waals surface area (Å²) >= 11 is 0. The second kappa shape index (κ2) is 14.1. The number of ether oxygens (including phenoxy) is 2. The van der Waals surface area contributed by atoms with Gasteiger partial charge in [0.15, 0.2) is 5.82 Å². The number of rotatable bonds is 7. The number of carbonyl (C=O) groups is 1. The van der Waals surface area contributed by atoms with E-state index in [-0.39, 0.29) is 11.5 Å². The molecule has 1 aliphatic rings. The normalized spacial score (nSPS) is 13.4. The zero-order valence-corrected chi connectivity index (χ0v) is 23.5. The Hall–Kier alpha value is -5.12. The Balaban J connectivity index is 0.000000591. The third-order valence-electron chi connectivity index (χ3n) is 6.28. The topological polar surface area (TPSA) is 122 Å². The summed E-state index contributed by atoms with van der Waals surface area (Å²) in [6.07, 6.45) is -5.75. The Bertz CT molecular complexity index is 1600. The molecule has 0 atom stereocenters. The fourth-order valence-electron chi connectivity index (χ4n) is 4.16. The molecule has 3 heterocycles. The van der Waals surface area contributed by atoms with Gasteiger partial charge in [-0.1, -0.05) is 12.1 Å². The molecule has 0 aliphatic carbocycles. The molecule has 0 spiro atoms. The van der Waals surface area contributed by atoms with Gasteiger partial charge in [0.1, 0.15) is 11.6 Å². The van der Waals surface area contributed by atoms with Gasteiger partial charge in [0, 0.05) is 60.8 Å². The highest BCUT2D eigenvalue weighted by Crippen LogP contribution is 2.39. The van der Waals surface area contributed by atoms with E-state index in [1.807, 2.05) is 18.2 Å². The van der Waals surface area contributed by atoms with Gasteiger partial charge in [0.2, 0.25) is 0 Å². The van der Waals surface area contributed by atoms with E-state index in [0.717, 1.165) is 25.0 Å². The van der Waals surface area contributed by atoms with E-state index in [4.69, 9.17) is 19.4 Å². The van der Waals surface area contributed by atoms with Crippen molar-refractivity contribution in [2.45, 2.75) is 12.4 Å². The van der Waals surface area contributed by atoms with Crippen LogP contribution in [0.15, 0.2) is 73.2 Å². The van der Waals surface area contributed by atoms with E-state index in [1.165, 1.54) is 6.07 Å². The van der Waals surface area contributed by atoms with Crippen LogP contribution in [0.3, 0.4) is 0 Å². The predicted molar refractivity (Wildman–Crippen MR) is 153 cm³/mol. The zero-order valence-electron chi connectivity index (χ0n) is 23.5. The summed E-state index contributed by atoms with van der Waals surface area (Å²) in [6, 6.07) is 15.5. The Morgan fingerprint density at radius 2 is 1.56 bits per heavy atom. The minimum absolute atomic E-state index is 0.165. The number of halogens is 6. The highest BCUT2D eigenvalue weighted by atomic mass is 19.4. The first-order chi connectivity index (χ1) is 21.4. The number of anilines is 5. The monoisotopic (exact) mass is 636 g/mol. The number of benzene rings is 2. The number of hydrogen-bond donors (Lipinski definition) is 3. The number of hydrogen-bond acceptors (Lipinski definition) is 9. The van der Waals surface area contributed by atoms with Crippen molar-refractivity contribution in [3.8, 4) is 17.1 Å². The first-order valence-electron chi connectivity index (χ1n) is 13.2. The first-order valence-corrected chi connectivity index (χ1v) is 13.2. The fraction of sp³-hybridized carbons (Fsp3) is 0.241. The van der Waals surface area contributed by atoms with Gasteiger partial charge in [-0.05, 0) is 30.3 Å². The van der Waals surface area contributed by atoms with Crippen molar-refractivity contribution in [3.63, 3.8) is 0 Å². The fourth-order valence-corrected chi connectivity index (χ4v) is 4.16. The third kappa shape index (κ3) is 8.72. The van der Waals surface area contributed by atoms with E-state index in [1.54, 1.807) is 49.8 Å². The lowest BCUT2D eigenvalue weighted by Gasteiger charge is -2.29. The Morgan fingerprint density at radius 1 is 0.889 bits per heavy atom. The van der Waals surface area contributed by atoms with E-state index >= 15 is 0 Å². The van der Waals surface area contributed by atoms with E-state index in [2.05, 4.69) is 30.5 Å². The van der Waals surface area contributed by atoms with Crippen LogP contribution in [-0.4, -0.2) is 65.6 Å². The molecular formula is C29H26F6N6O4. The molecule has 0 unspecified atom stereocenters. The molecule has 0 saturated carbocycles. The quantitative estimate of drug-likeness (QED) is 0.193. The second-order valence-corrected chi connectivity index (χ2v) is 9.27. The zero-order chi connectivity index (χ0) is 32.6. The van der Waals surface area contributed by atoms with Gasteiger partial charge in [-0.2, -0.15) is 26.3 Å². The number of aliphatic carboxylic acids is 1. The predicted octanol–water partition coefficient (Wildman–Crippen LogP) is 6.52. The molecule has 1 aliphatic heterocycles. The SMILES string of the molecule is COc1cc(N2CCOCC2)ccc1Nc1cc(Nc2ccccc2-c2ncccn2)c(C(F)(F)F)cn1.O=C(O)C(F)(F)F. The summed E-state index contributed by atoms with van der Waals surface area (Å²) < 4.78 is 84.5. The van der Waals surface area contributed by atoms with Crippen LogP contribution < -0.4 is 20.3 Å². The second-order valence-electron chi connectivity index (χ2n) is 9.27. The maximum Gasteiger partial charge on any atom is 0.490 e. The summed E-state index contributed by atoms with van der Waals surface area (Å²) in [5.74, 6) is -1.61. The van der Waals surface area contributed by atoms with Crippen molar-refractivity contribution in [3.05, 3.63) is 78.8 Å². The number of aromatic nitrogens is 3. The smallest absolute Gasteiger partial charge is 0.490 e. The van der Waals surface area contributed by atoms with Gasteiger partial charge in [-0.3, -0.25) is 0 Å². The van der Waals surface area contributed by atoms with Crippen LogP contribution in [0.2, 0.25) is 0 Å². The van der Waals surface area contributed by atoms with Crippen molar-refractivity contribution in [1.29, 1.82) is 0 Å². The van der Waals surface area contributed by atoms with Gasteiger partial charge in [0.05, 0.1) is 37.3 Å². The van der Waals surface area contributed by atoms with Crippen molar-refractivity contribution < 1.29 is 45.7 Å². The number of pyridine rings is 1. The van der Waals surface area contributed by atoms with Crippen LogP contribution in [0.25, 0.3) is 11.4 Å². The number of nitrogens with zero attached hydrogens (tertiary/aromatic N) is 4. The number of carboxylic acids is 1. The molecular weight excluding hydrogens is 610 g/mol. The minimum atomic E-state index is -5.08. The lowest BCUT2D eigenvalue weighted by Crippen LogP contribution is -2.36. The van der Waals surface area contributed by atoms with Gasteiger partial charge >= 0.3 is 18.3 Å². The molecule has 0 radical (unpaired) electrons. The summed E-state index contributed by atoms with van der Waals surface area (Å²) in [7, 11) is 1.54. The number of nitrogens with one attached hydrogen (secondary N) is 2. The highest BCUT2D eigenvalue weighted by molar-refractivity contribution is 5.80. The summed E-state index contributed by atoms with van der Waals surface area (Å²) in [5, 5.41) is 13.1. The van der Waals surface area contributed by atoms with Crippen molar-refractivity contribution in [1.82, 2.24) is 15.0 Å². The molecule has 1 saturated heterocycles. The molecule has 16 heteroatoms. The summed E-state index contributed by atoms with van der Waals surface area (Å²) in [5.41, 5.74) is 1.46. The van der Waals surface area contributed by atoms with Crippen LogP contribution in [0.5, 0.6) is 5.75 Å². The molecule has 0 amide bonds. The number of methoxy groups -OCH3 is 1. The average Bonchev–Trinajstić information content (AvgIpc) is 3.02. The number of carboxylic acid groups (broad SMARTS) is 1. The molecule has 2 aromatic heterocycles. The maximum atomic E-state index is 13.9. The van der Waals surface area contributed by atoms with Crippen LogP contribution >= 0.6 is 0 Å². The standard InChI is InChI=1S/C27H25F3N6O2.C2HF3O2/c1-37-24-15-18(36-11-13-38-14-12-36)7-8-22(24)35-25-16-23(20(17-33-25)27(28,29)30)34-21-6-3-2-5-19(21)26-31-9-4-10-32-26;3-2(4,5)1(6)7/h2-10,15-17H,11-14H2,1H3,(H2,33,34,35);(H,6,7). The summed E-state index contributed by atoms with van der Waals surface area (Å²) in [4.78, 5) is 23.6. The molecule has 45 heavy (non-hydrogen) atoms. The van der Waals surface area contributed by atoms with Gasteiger partial charge in [0.25, 0.3) is 0 Å².